The van der Waals surface area contributed by atoms with E-state index in [0.717, 1.165) is 11.6 Å². The molecule has 2 aliphatic heterocycles. The first-order chi connectivity index (χ1) is 10.1. The maximum absolute atomic E-state index is 10.7. The molecule has 21 heavy (non-hydrogen) atoms. The molecule has 3 rings (SSSR count). The number of nitro groups is 1. The van der Waals surface area contributed by atoms with Crippen molar-refractivity contribution >= 4 is 17.3 Å². The van der Waals surface area contributed by atoms with Gasteiger partial charge in [0.2, 0.25) is 0 Å². The van der Waals surface area contributed by atoms with Crippen LogP contribution in [0.15, 0.2) is 18.2 Å². The van der Waals surface area contributed by atoms with E-state index in [1.54, 1.807) is 6.07 Å². The van der Waals surface area contributed by atoms with Crippen LogP contribution in [-0.4, -0.2) is 35.0 Å². The number of fused-ring (bicyclic) bond motifs is 1. The fourth-order valence-electron chi connectivity index (χ4n) is 3.46. The van der Waals surface area contributed by atoms with Gasteiger partial charge in [0.05, 0.1) is 9.95 Å². The summed E-state index contributed by atoms with van der Waals surface area (Å²) in [5, 5.41) is 14.7. The monoisotopic (exact) mass is 309 g/mol. The molecule has 1 N–H and O–H groups in total. The third kappa shape index (κ3) is 3.36. The topological polar surface area (TPSA) is 58.4 Å². The second kappa shape index (κ2) is 6.30. The van der Waals surface area contributed by atoms with Crippen molar-refractivity contribution in [1.82, 2.24) is 10.2 Å². The zero-order valence-electron chi connectivity index (χ0n) is 11.9. The smallest absolute Gasteiger partial charge is 0.270 e. The highest BCUT2D eigenvalue weighted by Gasteiger charge is 2.31. The second-order valence-electron chi connectivity index (χ2n) is 5.97. The minimum Gasteiger partial charge on any atom is -0.310 e. The molecular weight excluding hydrogens is 290 g/mol. The zero-order chi connectivity index (χ0) is 14.8. The van der Waals surface area contributed by atoms with E-state index in [0.29, 0.717) is 17.6 Å². The molecule has 0 radical (unpaired) electrons. The Hall–Kier alpha value is -1.17. The Morgan fingerprint density at radius 1 is 1.38 bits per heavy atom. The van der Waals surface area contributed by atoms with Gasteiger partial charge < -0.3 is 10.2 Å². The van der Waals surface area contributed by atoms with Gasteiger partial charge in [-0.1, -0.05) is 11.6 Å². The van der Waals surface area contributed by atoms with Gasteiger partial charge in [-0.05, 0) is 50.4 Å². The number of hydrogen-bond acceptors (Lipinski definition) is 4. The molecule has 6 heteroatoms. The van der Waals surface area contributed by atoms with Crippen LogP contribution in [0.1, 0.15) is 31.2 Å². The van der Waals surface area contributed by atoms with Crippen LogP contribution in [0, 0.1) is 10.1 Å². The third-order valence-corrected chi connectivity index (χ3v) is 5.00. The maximum atomic E-state index is 10.7. The van der Waals surface area contributed by atoms with Crippen LogP contribution in [-0.2, 0) is 6.54 Å². The van der Waals surface area contributed by atoms with Crippen LogP contribution in [0.5, 0.6) is 0 Å². The van der Waals surface area contributed by atoms with Crippen molar-refractivity contribution in [2.24, 2.45) is 0 Å². The lowest BCUT2D eigenvalue weighted by molar-refractivity contribution is -0.384. The standard InChI is InChI=1S/C15H20ClN3O2/c16-15-9-14(19(20)21)4-3-11(15)10-17-12-5-7-18-6-1-2-13(18)8-12/h3-4,9,12-13,17H,1-2,5-8,10H2. The number of piperidine rings is 1. The van der Waals surface area contributed by atoms with E-state index in [4.69, 9.17) is 11.6 Å². The SMILES string of the molecule is O=[N+]([O-])c1ccc(CNC2CCN3CCCC3C2)c(Cl)c1. The van der Waals surface area contributed by atoms with E-state index in [9.17, 15) is 10.1 Å². The molecular formula is C15H20ClN3O2. The van der Waals surface area contributed by atoms with Crippen molar-refractivity contribution in [2.75, 3.05) is 13.1 Å². The van der Waals surface area contributed by atoms with Crippen LogP contribution < -0.4 is 5.32 Å². The van der Waals surface area contributed by atoms with E-state index in [2.05, 4.69) is 10.2 Å². The average Bonchev–Trinajstić information content (AvgIpc) is 2.93. The molecule has 2 atom stereocenters. The van der Waals surface area contributed by atoms with Crippen LogP contribution >= 0.6 is 11.6 Å². The van der Waals surface area contributed by atoms with Gasteiger partial charge in [0, 0.05) is 30.8 Å². The van der Waals surface area contributed by atoms with Crippen molar-refractivity contribution in [3.8, 4) is 0 Å². The molecule has 5 nitrogen and oxygen atoms in total. The minimum atomic E-state index is -0.418. The predicted molar refractivity (Wildman–Crippen MR) is 82.6 cm³/mol. The Bertz CT molecular complexity index is 538. The highest BCUT2D eigenvalue weighted by Crippen LogP contribution is 2.27. The minimum absolute atomic E-state index is 0.0445. The molecule has 114 valence electrons. The Morgan fingerprint density at radius 3 is 3.00 bits per heavy atom. The van der Waals surface area contributed by atoms with Gasteiger partial charge in [-0.25, -0.2) is 0 Å². The molecule has 1 aromatic rings. The van der Waals surface area contributed by atoms with Gasteiger partial charge in [-0.15, -0.1) is 0 Å². The van der Waals surface area contributed by atoms with Crippen molar-refractivity contribution in [3.05, 3.63) is 38.9 Å². The summed E-state index contributed by atoms with van der Waals surface area (Å²) in [6.45, 7) is 3.11. The first kappa shape index (κ1) is 14.8. The fraction of sp³-hybridized carbons (Fsp3) is 0.600. The van der Waals surface area contributed by atoms with Crippen LogP contribution in [0.25, 0.3) is 0 Å². The zero-order valence-corrected chi connectivity index (χ0v) is 12.7. The van der Waals surface area contributed by atoms with Gasteiger partial charge >= 0.3 is 0 Å². The number of halogens is 1. The first-order valence-corrected chi connectivity index (χ1v) is 7.91. The van der Waals surface area contributed by atoms with Gasteiger partial charge in [0.25, 0.3) is 5.69 Å². The predicted octanol–water partition coefficient (Wildman–Crippen LogP) is 2.96. The first-order valence-electron chi connectivity index (χ1n) is 7.54. The molecule has 0 bridgehead atoms. The summed E-state index contributed by atoms with van der Waals surface area (Å²) in [7, 11) is 0. The largest absolute Gasteiger partial charge is 0.310 e. The highest BCUT2D eigenvalue weighted by molar-refractivity contribution is 6.31. The molecule has 2 heterocycles. The van der Waals surface area contributed by atoms with E-state index in [1.807, 2.05) is 0 Å². The quantitative estimate of drug-likeness (QED) is 0.686. The van der Waals surface area contributed by atoms with Crippen LogP contribution in [0.4, 0.5) is 5.69 Å². The number of nitro benzene ring substituents is 1. The van der Waals surface area contributed by atoms with Crippen molar-refractivity contribution < 1.29 is 4.92 Å². The molecule has 2 aliphatic rings. The lowest BCUT2D eigenvalue weighted by atomic mass is 9.97. The molecule has 0 aromatic heterocycles. The number of nitrogens with zero attached hydrogens (tertiary/aromatic N) is 2. The Balaban J connectivity index is 1.56. The van der Waals surface area contributed by atoms with Crippen LogP contribution in [0.3, 0.4) is 0 Å². The normalized spacial score (nSPS) is 25.8. The Morgan fingerprint density at radius 2 is 2.24 bits per heavy atom. The van der Waals surface area contributed by atoms with Gasteiger partial charge in [-0.2, -0.15) is 0 Å². The van der Waals surface area contributed by atoms with E-state index in [-0.39, 0.29) is 5.69 Å². The third-order valence-electron chi connectivity index (χ3n) is 4.65. The summed E-state index contributed by atoms with van der Waals surface area (Å²) < 4.78 is 0. The summed E-state index contributed by atoms with van der Waals surface area (Å²) in [4.78, 5) is 12.9. The molecule has 0 amide bonds. The molecule has 0 saturated carbocycles. The molecule has 0 spiro atoms. The molecule has 0 aliphatic carbocycles. The molecule has 2 unspecified atom stereocenters. The average molecular weight is 310 g/mol. The van der Waals surface area contributed by atoms with E-state index < -0.39 is 4.92 Å². The van der Waals surface area contributed by atoms with Gasteiger partial charge in [0.15, 0.2) is 0 Å². The van der Waals surface area contributed by atoms with Crippen molar-refractivity contribution in [1.29, 1.82) is 0 Å². The Kier molecular flexibility index (Phi) is 4.42. The van der Waals surface area contributed by atoms with Crippen molar-refractivity contribution in [3.63, 3.8) is 0 Å². The Labute approximate surface area is 129 Å². The van der Waals surface area contributed by atoms with Crippen molar-refractivity contribution in [2.45, 2.75) is 44.3 Å². The van der Waals surface area contributed by atoms with E-state index >= 15 is 0 Å². The maximum Gasteiger partial charge on any atom is 0.270 e. The number of non-ortho nitro benzene ring substituents is 1. The second-order valence-corrected chi connectivity index (χ2v) is 6.37. The van der Waals surface area contributed by atoms with Crippen LogP contribution in [0.2, 0.25) is 5.02 Å². The number of benzene rings is 1. The lowest BCUT2D eigenvalue weighted by Gasteiger charge is -2.35. The van der Waals surface area contributed by atoms with Gasteiger partial charge in [-0.3, -0.25) is 10.1 Å². The fourth-order valence-corrected chi connectivity index (χ4v) is 3.70. The molecule has 2 saturated heterocycles. The number of rotatable bonds is 4. The number of hydrogen-bond donors (Lipinski definition) is 1. The summed E-state index contributed by atoms with van der Waals surface area (Å²) in [6.07, 6.45) is 5.01. The highest BCUT2D eigenvalue weighted by atomic mass is 35.5. The number of nitrogens with one attached hydrogen (secondary N) is 1. The summed E-state index contributed by atoms with van der Waals surface area (Å²) in [5.74, 6) is 0. The summed E-state index contributed by atoms with van der Waals surface area (Å²) >= 11 is 6.13. The lowest BCUT2D eigenvalue weighted by Crippen LogP contribution is -2.45. The molecule has 2 fully saturated rings. The summed E-state index contributed by atoms with van der Waals surface area (Å²) in [6, 6.07) is 5.96. The molecule has 1 aromatic carbocycles. The summed E-state index contributed by atoms with van der Waals surface area (Å²) in [5.41, 5.74) is 0.971. The van der Waals surface area contributed by atoms with E-state index in [1.165, 1.54) is 50.9 Å². The van der Waals surface area contributed by atoms with Gasteiger partial charge in [0.1, 0.15) is 0 Å².